The van der Waals surface area contributed by atoms with Gasteiger partial charge in [0.25, 0.3) is 0 Å². The average molecular weight is 341 g/mol. The molecule has 2 aromatic rings. The van der Waals surface area contributed by atoms with Gasteiger partial charge in [0.2, 0.25) is 0 Å². The fourth-order valence-corrected chi connectivity index (χ4v) is 2.95. The van der Waals surface area contributed by atoms with Crippen LogP contribution in [0, 0.1) is 6.92 Å². The maximum atomic E-state index is 6.36. The number of aryl methyl sites for hydroxylation is 1. The van der Waals surface area contributed by atoms with Crippen LogP contribution in [0.15, 0.2) is 40.9 Å². The molecule has 0 saturated carbocycles. The molecule has 0 spiro atoms. The predicted molar refractivity (Wildman–Crippen MR) is 82.9 cm³/mol. The Kier molecular flexibility index (Phi) is 4.50. The van der Waals surface area contributed by atoms with E-state index in [9.17, 15) is 0 Å². The Labute approximate surface area is 126 Å². The van der Waals surface area contributed by atoms with Gasteiger partial charge < -0.3 is 10.5 Å². The zero-order chi connectivity index (χ0) is 14.0. The van der Waals surface area contributed by atoms with Crippen molar-refractivity contribution < 1.29 is 4.74 Å². The lowest BCUT2D eigenvalue weighted by atomic mass is 9.97. The second kappa shape index (κ2) is 5.95. The van der Waals surface area contributed by atoms with Gasteiger partial charge in [-0.25, -0.2) is 0 Å². The first-order valence-electron chi connectivity index (χ1n) is 5.88. The SMILES string of the molecule is COc1ccc(C)cc1C(N)c1ccc(Cl)cc1Br. The second-order valence-electron chi connectivity index (χ2n) is 4.39. The first-order chi connectivity index (χ1) is 9.02. The normalized spacial score (nSPS) is 12.3. The van der Waals surface area contributed by atoms with Crippen LogP contribution in [0.2, 0.25) is 5.02 Å². The summed E-state index contributed by atoms with van der Waals surface area (Å²) in [5.41, 5.74) is 9.45. The van der Waals surface area contributed by atoms with Crippen LogP contribution in [-0.2, 0) is 0 Å². The molecule has 0 fully saturated rings. The summed E-state index contributed by atoms with van der Waals surface area (Å²) in [6.07, 6.45) is 0. The number of halogens is 2. The van der Waals surface area contributed by atoms with Crippen LogP contribution in [0.3, 0.4) is 0 Å². The van der Waals surface area contributed by atoms with Gasteiger partial charge in [0.15, 0.2) is 0 Å². The van der Waals surface area contributed by atoms with Crippen molar-refractivity contribution in [2.24, 2.45) is 5.73 Å². The number of rotatable bonds is 3. The van der Waals surface area contributed by atoms with Crippen LogP contribution in [0.4, 0.5) is 0 Å². The molecular weight excluding hydrogens is 326 g/mol. The molecule has 0 radical (unpaired) electrons. The summed E-state index contributed by atoms with van der Waals surface area (Å²) in [5, 5.41) is 0.680. The van der Waals surface area contributed by atoms with Crippen molar-refractivity contribution in [1.29, 1.82) is 0 Å². The molecule has 2 N–H and O–H groups in total. The largest absolute Gasteiger partial charge is 0.496 e. The lowest BCUT2D eigenvalue weighted by molar-refractivity contribution is 0.407. The van der Waals surface area contributed by atoms with Gasteiger partial charge in [0.1, 0.15) is 5.75 Å². The Hall–Kier alpha value is -1.03. The van der Waals surface area contributed by atoms with Crippen molar-refractivity contribution in [1.82, 2.24) is 0 Å². The third-order valence-corrected chi connectivity index (χ3v) is 3.94. The van der Waals surface area contributed by atoms with Gasteiger partial charge in [-0.05, 0) is 30.7 Å². The summed E-state index contributed by atoms with van der Waals surface area (Å²) < 4.78 is 6.28. The number of benzene rings is 2. The first-order valence-corrected chi connectivity index (χ1v) is 7.05. The van der Waals surface area contributed by atoms with Crippen LogP contribution in [0.25, 0.3) is 0 Å². The molecule has 2 nitrogen and oxygen atoms in total. The molecule has 4 heteroatoms. The van der Waals surface area contributed by atoms with Gasteiger partial charge >= 0.3 is 0 Å². The maximum absolute atomic E-state index is 6.36. The molecule has 2 aromatic carbocycles. The van der Waals surface area contributed by atoms with E-state index in [1.54, 1.807) is 7.11 Å². The standard InChI is InChI=1S/C15H15BrClNO/c1-9-3-6-14(19-2)12(7-9)15(18)11-5-4-10(17)8-13(11)16/h3-8,15H,18H2,1-2H3. The molecule has 0 aliphatic carbocycles. The van der Waals surface area contributed by atoms with Gasteiger partial charge in [-0.1, -0.05) is 51.3 Å². The van der Waals surface area contributed by atoms with Gasteiger partial charge in [0.05, 0.1) is 13.2 Å². The van der Waals surface area contributed by atoms with Crippen molar-refractivity contribution in [2.45, 2.75) is 13.0 Å². The van der Waals surface area contributed by atoms with Crippen LogP contribution < -0.4 is 10.5 Å². The monoisotopic (exact) mass is 339 g/mol. The molecule has 0 aliphatic rings. The van der Waals surface area contributed by atoms with Gasteiger partial charge in [-0.15, -0.1) is 0 Å². The highest BCUT2D eigenvalue weighted by Crippen LogP contribution is 2.33. The molecule has 19 heavy (non-hydrogen) atoms. The average Bonchev–Trinajstić information content (AvgIpc) is 2.38. The van der Waals surface area contributed by atoms with E-state index in [1.165, 1.54) is 0 Å². The van der Waals surface area contributed by atoms with Crippen molar-refractivity contribution >= 4 is 27.5 Å². The molecule has 0 amide bonds. The highest BCUT2D eigenvalue weighted by Gasteiger charge is 2.16. The summed E-state index contributed by atoms with van der Waals surface area (Å²) in [7, 11) is 1.65. The summed E-state index contributed by atoms with van der Waals surface area (Å²) in [4.78, 5) is 0. The van der Waals surface area contributed by atoms with E-state index in [-0.39, 0.29) is 6.04 Å². The fraction of sp³-hybridized carbons (Fsp3) is 0.200. The van der Waals surface area contributed by atoms with E-state index in [4.69, 9.17) is 22.1 Å². The zero-order valence-electron chi connectivity index (χ0n) is 10.8. The highest BCUT2D eigenvalue weighted by atomic mass is 79.9. The second-order valence-corrected chi connectivity index (χ2v) is 5.68. The summed E-state index contributed by atoms with van der Waals surface area (Å²) in [6, 6.07) is 11.3. The van der Waals surface area contributed by atoms with E-state index in [1.807, 2.05) is 43.3 Å². The number of methoxy groups -OCH3 is 1. The maximum Gasteiger partial charge on any atom is 0.123 e. The van der Waals surface area contributed by atoms with Crippen LogP contribution in [0.5, 0.6) is 5.75 Å². The van der Waals surface area contributed by atoms with E-state index in [2.05, 4.69) is 15.9 Å². The minimum Gasteiger partial charge on any atom is -0.496 e. The van der Waals surface area contributed by atoms with Crippen LogP contribution in [-0.4, -0.2) is 7.11 Å². The third-order valence-electron chi connectivity index (χ3n) is 3.02. The topological polar surface area (TPSA) is 35.2 Å². The fourth-order valence-electron chi connectivity index (χ4n) is 2.02. The van der Waals surface area contributed by atoms with E-state index >= 15 is 0 Å². The van der Waals surface area contributed by atoms with E-state index < -0.39 is 0 Å². The molecule has 0 saturated heterocycles. The first kappa shape index (κ1) is 14.4. The Bertz CT molecular complexity index is 601. The van der Waals surface area contributed by atoms with Gasteiger partial charge in [0, 0.05) is 15.1 Å². The molecule has 0 aliphatic heterocycles. The van der Waals surface area contributed by atoms with Crippen molar-refractivity contribution in [2.75, 3.05) is 7.11 Å². The summed E-state index contributed by atoms with van der Waals surface area (Å²) >= 11 is 9.46. The van der Waals surface area contributed by atoms with Crippen LogP contribution in [0.1, 0.15) is 22.7 Å². The highest BCUT2D eigenvalue weighted by molar-refractivity contribution is 9.10. The summed E-state index contributed by atoms with van der Waals surface area (Å²) in [6.45, 7) is 2.03. The molecule has 100 valence electrons. The smallest absolute Gasteiger partial charge is 0.123 e. The number of hydrogen-bond acceptors (Lipinski definition) is 2. The number of ether oxygens (including phenoxy) is 1. The molecule has 2 rings (SSSR count). The predicted octanol–water partition coefficient (Wildman–Crippen LogP) is 4.47. The number of hydrogen-bond donors (Lipinski definition) is 1. The quantitative estimate of drug-likeness (QED) is 0.895. The molecular formula is C15H15BrClNO. The minimum absolute atomic E-state index is 0.263. The summed E-state index contributed by atoms with van der Waals surface area (Å²) in [5.74, 6) is 0.792. The Morgan fingerprint density at radius 3 is 2.53 bits per heavy atom. The molecule has 1 atom stereocenters. The Morgan fingerprint density at radius 1 is 1.16 bits per heavy atom. The van der Waals surface area contributed by atoms with E-state index in [0.29, 0.717) is 5.02 Å². The molecule has 0 heterocycles. The van der Waals surface area contributed by atoms with Crippen molar-refractivity contribution in [3.05, 3.63) is 62.6 Å². The lowest BCUT2D eigenvalue weighted by Crippen LogP contribution is -2.14. The van der Waals surface area contributed by atoms with Gasteiger partial charge in [-0.2, -0.15) is 0 Å². The molecule has 0 bridgehead atoms. The van der Waals surface area contributed by atoms with Crippen LogP contribution >= 0.6 is 27.5 Å². The Balaban J connectivity index is 2.49. The lowest BCUT2D eigenvalue weighted by Gasteiger charge is -2.18. The minimum atomic E-state index is -0.263. The van der Waals surface area contributed by atoms with Crippen molar-refractivity contribution in [3.63, 3.8) is 0 Å². The zero-order valence-corrected chi connectivity index (χ0v) is 13.1. The van der Waals surface area contributed by atoms with E-state index in [0.717, 1.165) is 26.9 Å². The molecule has 0 aromatic heterocycles. The number of nitrogens with two attached hydrogens (primary N) is 1. The molecule has 1 unspecified atom stereocenters. The van der Waals surface area contributed by atoms with Crippen molar-refractivity contribution in [3.8, 4) is 5.75 Å². The van der Waals surface area contributed by atoms with Gasteiger partial charge in [-0.3, -0.25) is 0 Å². The third kappa shape index (κ3) is 3.11. The Morgan fingerprint density at radius 2 is 1.89 bits per heavy atom.